The number of thioether (sulfide) groups is 1. The van der Waals surface area contributed by atoms with Gasteiger partial charge in [0.25, 0.3) is 0 Å². The molecule has 1 atom stereocenters. The van der Waals surface area contributed by atoms with E-state index >= 15 is 0 Å². The Bertz CT molecular complexity index is 327. The number of Topliss-reactive ketones (excluding diaryl/α,β-unsaturated/α-hetero) is 1. The molecule has 0 aliphatic carbocycles. The number of carbonyl (C=O) groups excluding carboxylic acids is 1. The highest BCUT2D eigenvalue weighted by atomic mass is 32.2. The first-order valence-corrected chi connectivity index (χ1v) is 9.82. The topological polar surface area (TPSA) is 17.1 Å². The number of alkyl halides is 3. The molecule has 0 radical (unpaired) electrons. The third kappa shape index (κ3) is 13.7. The molecule has 0 rings (SSSR count). The first-order chi connectivity index (χ1) is 10.9. The van der Waals surface area contributed by atoms with Gasteiger partial charge in [0.05, 0.1) is 5.25 Å². The lowest BCUT2D eigenvalue weighted by molar-refractivity contribution is -0.170. The third-order valence-electron chi connectivity index (χ3n) is 3.67. The molecule has 0 spiro atoms. The largest absolute Gasteiger partial charge is 0.451 e. The molecule has 0 aromatic heterocycles. The fraction of sp³-hybridized carbons (Fsp3) is 0.833. The fourth-order valence-corrected chi connectivity index (χ4v) is 3.20. The number of unbranched alkanes of at least 4 members (excludes halogenated alkanes) is 8. The van der Waals surface area contributed by atoms with E-state index in [0.717, 1.165) is 37.4 Å². The van der Waals surface area contributed by atoms with Crippen molar-refractivity contribution in [2.45, 2.75) is 89.5 Å². The molecule has 5 heteroatoms. The van der Waals surface area contributed by atoms with Gasteiger partial charge in [-0.2, -0.15) is 24.9 Å². The van der Waals surface area contributed by atoms with Crippen molar-refractivity contribution in [2.75, 3.05) is 5.75 Å². The zero-order valence-electron chi connectivity index (χ0n) is 14.5. The smallest absolute Gasteiger partial charge is 0.288 e. The van der Waals surface area contributed by atoms with E-state index < -0.39 is 17.2 Å². The molecule has 0 saturated carbocycles. The number of hydrogen-bond acceptors (Lipinski definition) is 2. The summed E-state index contributed by atoms with van der Waals surface area (Å²) in [6.07, 6.45) is 11.3. The molecule has 0 fully saturated rings. The Balaban J connectivity index is 3.37. The molecule has 23 heavy (non-hydrogen) atoms. The van der Waals surface area contributed by atoms with Crippen LogP contribution in [-0.2, 0) is 4.79 Å². The summed E-state index contributed by atoms with van der Waals surface area (Å²) in [5, 5.41) is -0.977. The lowest BCUT2D eigenvalue weighted by atomic mass is 10.1. The predicted octanol–water partition coefficient (Wildman–Crippen LogP) is 6.72. The van der Waals surface area contributed by atoms with Crippen LogP contribution >= 0.6 is 11.8 Å². The third-order valence-corrected chi connectivity index (χ3v) is 4.91. The van der Waals surface area contributed by atoms with E-state index in [9.17, 15) is 18.0 Å². The van der Waals surface area contributed by atoms with Crippen LogP contribution in [0, 0.1) is 0 Å². The number of carbonyl (C=O) groups is 1. The van der Waals surface area contributed by atoms with Gasteiger partial charge in [0.15, 0.2) is 0 Å². The number of halogens is 3. The molecule has 0 aliphatic rings. The maximum absolute atomic E-state index is 12.2. The zero-order valence-corrected chi connectivity index (χ0v) is 15.3. The van der Waals surface area contributed by atoms with Crippen molar-refractivity contribution in [2.24, 2.45) is 0 Å². The molecule has 0 N–H and O–H groups in total. The maximum Gasteiger partial charge on any atom is 0.451 e. The number of ketones is 1. The summed E-state index contributed by atoms with van der Waals surface area (Å²) in [6.45, 7) is 3.54. The van der Waals surface area contributed by atoms with Gasteiger partial charge >= 0.3 is 6.18 Å². The molecule has 0 amide bonds. The summed E-state index contributed by atoms with van der Waals surface area (Å²) in [7, 11) is 0. The Kier molecular flexibility index (Phi) is 13.7. The van der Waals surface area contributed by atoms with E-state index in [2.05, 4.69) is 19.1 Å². The van der Waals surface area contributed by atoms with E-state index in [-0.39, 0.29) is 0 Å². The minimum absolute atomic E-state index is 0.628. The second-order valence-corrected chi connectivity index (χ2v) is 7.35. The van der Waals surface area contributed by atoms with Crippen molar-refractivity contribution in [3.05, 3.63) is 12.2 Å². The Morgan fingerprint density at radius 2 is 1.48 bits per heavy atom. The molecule has 0 aliphatic heterocycles. The van der Waals surface area contributed by atoms with E-state index in [0.29, 0.717) is 5.75 Å². The number of hydrogen-bond donors (Lipinski definition) is 0. The van der Waals surface area contributed by atoms with Crippen molar-refractivity contribution in [1.29, 1.82) is 0 Å². The van der Waals surface area contributed by atoms with Crippen LogP contribution in [0.25, 0.3) is 0 Å². The SMILES string of the molecule is CCCC/C=C\CCCCCCCCS[C@H](C)C(=O)C(F)(F)F. The van der Waals surface area contributed by atoms with Crippen LogP contribution in [0.1, 0.15) is 78.1 Å². The molecule has 0 unspecified atom stereocenters. The Labute approximate surface area is 143 Å². The van der Waals surface area contributed by atoms with Crippen LogP contribution < -0.4 is 0 Å². The Hall–Kier alpha value is -0.450. The summed E-state index contributed by atoms with van der Waals surface area (Å²) in [5.74, 6) is -0.988. The van der Waals surface area contributed by atoms with Gasteiger partial charge in [-0.15, -0.1) is 0 Å². The van der Waals surface area contributed by atoms with Crippen molar-refractivity contribution < 1.29 is 18.0 Å². The van der Waals surface area contributed by atoms with Crippen LogP contribution in [0.4, 0.5) is 13.2 Å². The summed E-state index contributed by atoms with van der Waals surface area (Å²) in [5.41, 5.74) is 0. The summed E-state index contributed by atoms with van der Waals surface area (Å²) in [4.78, 5) is 11.0. The fourth-order valence-electron chi connectivity index (χ4n) is 2.20. The highest BCUT2D eigenvalue weighted by molar-refractivity contribution is 8.00. The molecule has 136 valence electrons. The average Bonchev–Trinajstić information content (AvgIpc) is 2.50. The van der Waals surface area contributed by atoms with Crippen LogP contribution in [0.15, 0.2) is 12.2 Å². The standard InChI is InChI=1S/C18H31F3OS/c1-3-4-5-6-7-8-9-10-11-12-13-14-15-23-16(2)17(22)18(19,20)21/h6-7,16H,3-5,8-15H2,1-2H3/b7-6-/t16-/m1/s1. The molecular weight excluding hydrogens is 321 g/mol. The van der Waals surface area contributed by atoms with Crippen molar-refractivity contribution in [1.82, 2.24) is 0 Å². The second-order valence-electron chi connectivity index (χ2n) is 5.90. The van der Waals surface area contributed by atoms with E-state index in [1.807, 2.05) is 0 Å². The monoisotopic (exact) mass is 352 g/mol. The molecule has 0 aromatic rings. The average molecular weight is 353 g/mol. The second kappa shape index (κ2) is 13.9. The highest BCUT2D eigenvalue weighted by Crippen LogP contribution is 2.25. The minimum atomic E-state index is -4.70. The Morgan fingerprint density at radius 1 is 0.957 bits per heavy atom. The molecule has 0 bridgehead atoms. The van der Waals surface area contributed by atoms with Gasteiger partial charge in [-0.05, 0) is 38.4 Å². The van der Waals surface area contributed by atoms with Crippen molar-refractivity contribution in [3.63, 3.8) is 0 Å². The lowest BCUT2D eigenvalue weighted by Gasteiger charge is -2.12. The van der Waals surface area contributed by atoms with Gasteiger partial charge in [-0.25, -0.2) is 0 Å². The normalized spacial score (nSPS) is 13.6. The summed E-state index contributed by atoms with van der Waals surface area (Å²) in [6, 6.07) is 0. The lowest BCUT2D eigenvalue weighted by Crippen LogP contribution is -2.30. The van der Waals surface area contributed by atoms with Gasteiger partial charge in [0, 0.05) is 0 Å². The molecule has 0 aromatic carbocycles. The van der Waals surface area contributed by atoms with Gasteiger partial charge < -0.3 is 0 Å². The van der Waals surface area contributed by atoms with Gasteiger partial charge in [0.1, 0.15) is 0 Å². The minimum Gasteiger partial charge on any atom is -0.288 e. The van der Waals surface area contributed by atoms with E-state index in [1.165, 1.54) is 45.4 Å². The number of rotatable bonds is 14. The van der Waals surface area contributed by atoms with Crippen LogP contribution in [0.3, 0.4) is 0 Å². The van der Waals surface area contributed by atoms with Crippen LogP contribution in [0.5, 0.6) is 0 Å². The first kappa shape index (κ1) is 22.6. The van der Waals surface area contributed by atoms with E-state index in [1.54, 1.807) is 0 Å². The molecule has 0 heterocycles. The quantitative estimate of drug-likeness (QED) is 0.255. The van der Waals surface area contributed by atoms with Gasteiger partial charge in [-0.1, -0.05) is 57.6 Å². The summed E-state index contributed by atoms with van der Waals surface area (Å²) < 4.78 is 36.6. The van der Waals surface area contributed by atoms with Gasteiger partial charge in [0.2, 0.25) is 5.78 Å². The van der Waals surface area contributed by atoms with Crippen molar-refractivity contribution >= 4 is 17.5 Å². The van der Waals surface area contributed by atoms with E-state index in [4.69, 9.17) is 0 Å². The predicted molar refractivity (Wildman–Crippen MR) is 94.0 cm³/mol. The maximum atomic E-state index is 12.2. The molecule has 1 nitrogen and oxygen atoms in total. The Morgan fingerprint density at radius 3 is 2.04 bits per heavy atom. The first-order valence-electron chi connectivity index (χ1n) is 8.77. The molecule has 0 saturated heterocycles. The van der Waals surface area contributed by atoms with Crippen molar-refractivity contribution in [3.8, 4) is 0 Å². The number of allylic oxidation sites excluding steroid dienone is 2. The zero-order chi connectivity index (χ0) is 17.6. The van der Waals surface area contributed by atoms with Crippen LogP contribution in [0.2, 0.25) is 0 Å². The van der Waals surface area contributed by atoms with Crippen LogP contribution in [-0.4, -0.2) is 23.0 Å². The summed E-state index contributed by atoms with van der Waals surface area (Å²) >= 11 is 1.11. The highest BCUT2D eigenvalue weighted by Gasteiger charge is 2.41. The molecular formula is C18H31F3OS. The van der Waals surface area contributed by atoms with Gasteiger partial charge in [-0.3, -0.25) is 4.79 Å².